The smallest absolute Gasteiger partial charge is 0.389 e. The van der Waals surface area contributed by atoms with Gasteiger partial charge in [-0.25, -0.2) is 0 Å². The van der Waals surface area contributed by atoms with E-state index >= 15 is 0 Å². The molecule has 0 aromatic carbocycles. The van der Waals surface area contributed by atoms with Crippen molar-refractivity contribution in [3.8, 4) is 0 Å². The van der Waals surface area contributed by atoms with Crippen LogP contribution in [0, 0.1) is 5.92 Å². The number of halogens is 3. The van der Waals surface area contributed by atoms with E-state index < -0.39 is 18.7 Å². The summed E-state index contributed by atoms with van der Waals surface area (Å²) in [6.45, 7) is 0.416. The molecule has 5 heteroatoms. The molecule has 0 spiro atoms. The van der Waals surface area contributed by atoms with E-state index in [1.807, 2.05) is 0 Å². The summed E-state index contributed by atoms with van der Waals surface area (Å²) >= 11 is 0. The van der Waals surface area contributed by atoms with Gasteiger partial charge in [-0.1, -0.05) is 0 Å². The third-order valence-corrected chi connectivity index (χ3v) is 1.96. The van der Waals surface area contributed by atoms with Gasteiger partial charge in [-0.2, -0.15) is 13.2 Å². The summed E-state index contributed by atoms with van der Waals surface area (Å²) < 4.78 is 40.0. The molecule has 1 aliphatic rings. The Morgan fingerprint density at radius 2 is 2.00 bits per heavy atom. The molecule has 1 heterocycles. The van der Waals surface area contributed by atoms with Crippen LogP contribution in [0.2, 0.25) is 0 Å². The molecule has 12 heavy (non-hydrogen) atoms. The molecular weight excluding hydrogens is 173 g/mol. The molecule has 0 aromatic heterocycles. The van der Waals surface area contributed by atoms with Gasteiger partial charge in [0.1, 0.15) is 0 Å². The highest BCUT2D eigenvalue weighted by Gasteiger charge is 2.32. The molecule has 0 bridgehead atoms. The zero-order valence-corrected chi connectivity index (χ0v) is 6.47. The summed E-state index contributed by atoms with van der Waals surface area (Å²) in [6, 6.07) is 0. The van der Waals surface area contributed by atoms with Gasteiger partial charge in [0, 0.05) is 12.3 Å². The molecule has 0 amide bonds. The number of aliphatic hydroxyl groups is 1. The average molecular weight is 184 g/mol. The van der Waals surface area contributed by atoms with E-state index in [0.717, 1.165) is 0 Å². The van der Waals surface area contributed by atoms with Crippen LogP contribution >= 0.6 is 0 Å². The summed E-state index contributed by atoms with van der Waals surface area (Å²) in [5.74, 6) is -0.341. The summed E-state index contributed by atoms with van der Waals surface area (Å²) in [6.07, 6.45) is -5.71. The Kier molecular flexibility index (Phi) is 2.95. The first-order valence-electron chi connectivity index (χ1n) is 3.81. The first kappa shape index (κ1) is 9.80. The second-order valence-electron chi connectivity index (χ2n) is 3.02. The monoisotopic (exact) mass is 184 g/mol. The molecular formula is C7H11F3O2. The van der Waals surface area contributed by atoms with Crippen LogP contribution in [-0.4, -0.2) is 30.6 Å². The van der Waals surface area contributed by atoms with E-state index in [1.165, 1.54) is 0 Å². The van der Waals surface area contributed by atoms with Crippen molar-refractivity contribution in [2.75, 3.05) is 13.2 Å². The van der Waals surface area contributed by atoms with E-state index in [1.54, 1.807) is 0 Å². The molecule has 0 radical (unpaired) electrons. The van der Waals surface area contributed by atoms with Gasteiger partial charge in [0.2, 0.25) is 0 Å². The van der Waals surface area contributed by atoms with Crippen LogP contribution < -0.4 is 0 Å². The summed E-state index contributed by atoms with van der Waals surface area (Å²) in [5, 5.41) is 9.09. The van der Waals surface area contributed by atoms with Crippen molar-refractivity contribution in [2.45, 2.75) is 25.1 Å². The van der Waals surface area contributed by atoms with E-state index in [0.29, 0.717) is 0 Å². The van der Waals surface area contributed by atoms with Gasteiger partial charge in [-0.15, -0.1) is 0 Å². The fourth-order valence-electron chi connectivity index (χ4n) is 1.21. The lowest BCUT2D eigenvalue weighted by Crippen LogP contribution is -2.20. The maximum Gasteiger partial charge on any atom is 0.389 e. The highest BCUT2D eigenvalue weighted by molar-refractivity contribution is 4.74. The predicted molar refractivity (Wildman–Crippen MR) is 35.6 cm³/mol. The van der Waals surface area contributed by atoms with Crippen LogP contribution in [0.25, 0.3) is 0 Å². The van der Waals surface area contributed by atoms with Crippen LogP contribution in [0.15, 0.2) is 0 Å². The Morgan fingerprint density at radius 3 is 2.42 bits per heavy atom. The zero-order valence-electron chi connectivity index (χ0n) is 6.47. The maximum atomic E-state index is 11.7. The van der Waals surface area contributed by atoms with Gasteiger partial charge in [-0.05, 0) is 6.42 Å². The average Bonchev–Trinajstić information content (AvgIpc) is 2.29. The highest BCUT2D eigenvalue weighted by atomic mass is 19.4. The third kappa shape index (κ3) is 2.98. The molecule has 1 aliphatic heterocycles. The minimum absolute atomic E-state index is 0.0370. The minimum atomic E-state index is -4.12. The lowest BCUT2D eigenvalue weighted by molar-refractivity contribution is -0.138. The summed E-state index contributed by atoms with van der Waals surface area (Å²) in [5.41, 5.74) is 0. The number of hydrogen-bond acceptors (Lipinski definition) is 2. The SMILES string of the molecule is OC1COCC1CCC(F)(F)F. The molecule has 2 unspecified atom stereocenters. The maximum absolute atomic E-state index is 11.7. The number of ether oxygens (including phenoxy) is 1. The molecule has 0 aliphatic carbocycles. The van der Waals surface area contributed by atoms with Crippen LogP contribution in [-0.2, 0) is 4.74 Å². The molecule has 1 rings (SSSR count). The quantitative estimate of drug-likeness (QED) is 0.701. The molecule has 2 atom stereocenters. The molecule has 72 valence electrons. The van der Waals surface area contributed by atoms with Gasteiger partial charge >= 0.3 is 6.18 Å². The van der Waals surface area contributed by atoms with Crippen LogP contribution in [0.5, 0.6) is 0 Å². The standard InChI is InChI=1S/C7H11F3O2/c8-7(9,10)2-1-5-3-12-4-6(5)11/h5-6,11H,1-4H2. The zero-order chi connectivity index (χ0) is 9.19. The van der Waals surface area contributed by atoms with Crippen molar-refractivity contribution in [3.05, 3.63) is 0 Å². The van der Waals surface area contributed by atoms with Crippen LogP contribution in [0.1, 0.15) is 12.8 Å². The van der Waals surface area contributed by atoms with E-state index in [2.05, 4.69) is 0 Å². The van der Waals surface area contributed by atoms with Gasteiger partial charge < -0.3 is 9.84 Å². The summed E-state index contributed by atoms with van der Waals surface area (Å²) in [7, 11) is 0. The lowest BCUT2D eigenvalue weighted by Gasteiger charge is -2.12. The first-order valence-corrected chi connectivity index (χ1v) is 3.81. The Hall–Kier alpha value is -0.290. The Labute approximate surface area is 68.3 Å². The van der Waals surface area contributed by atoms with Crippen molar-refractivity contribution >= 4 is 0 Å². The predicted octanol–water partition coefficient (Wildman–Crippen LogP) is 1.34. The normalized spacial score (nSPS) is 31.0. The lowest BCUT2D eigenvalue weighted by atomic mass is 10.0. The van der Waals surface area contributed by atoms with Gasteiger partial charge in [-0.3, -0.25) is 0 Å². The topological polar surface area (TPSA) is 29.5 Å². The Balaban J connectivity index is 2.23. The minimum Gasteiger partial charge on any atom is -0.390 e. The van der Waals surface area contributed by atoms with Crippen LogP contribution in [0.4, 0.5) is 13.2 Å². The molecule has 0 saturated carbocycles. The van der Waals surface area contributed by atoms with Gasteiger partial charge in [0.25, 0.3) is 0 Å². The molecule has 1 saturated heterocycles. The van der Waals surface area contributed by atoms with Gasteiger partial charge in [0.05, 0.1) is 19.3 Å². The number of rotatable bonds is 2. The van der Waals surface area contributed by atoms with Crippen molar-refractivity contribution in [3.63, 3.8) is 0 Å². The summed E-state index contributed by atoms with van der Waals surface area (Å²) in [4.78, 5) is 0. The Morgan fingerprint density at radius 1 is 1.33 bits per heavy atom. The fraction of sp³-hybridized carbons (Fsp3) is 1.00. The number of aliphatic hydroxyl groups excluding tert-OH is 1. The largest absolute Gasteiger partial charge is 0.390 e. The number of hydrogen-bond donors (Lipinski definition) is 1. The van der Waals surface area contributed by atoms with Gasteiger partial charge in [0.15, 0.2) is 0 Å². The fourth-order valence-corrected chi connectivity index (χ4v) is 1.21. The van der Waals surface area contributed by atoms with Crippen molar-refractivity contribution in [2.24, 2.45) is 5.92 Å². The van der Waals surface area contributed by atoms with Crippen molar-refractivity contribution < 1.29 is 23.0 Å². The molecule has 2 nitrogen and oxygen atoms in total. The van der Waals surface area contributed by atoms with E-state index in [-0.39, 0.29) is 25.6 Å². The third-order valence-electron chi connectivity index (χ3n) is 1.96. The Bertz CT molecular complexity index is 146. The van der Waals surface area contributed by atoms with E-state index in [4.69, 9.17) is 9.84 Å². The van der Waals surface area contributed by atoms with Crippen molar-refractivity contribution in [1.29, 1.82) is 0 Å². The second kappa shape index (κ2) is 3.62. The first-order chi connectivity index (χ1) is 5.49. The number of alkyl halides is 3. The molecule has 0 aromatic rings. The van der Waals surface area contributed by atoms with E-state index in [9.17, 15) is 13.2 Å². The second-order valence-corrected chi connectivity index (χ2v) is 3.02. The molecule has 1 fully saturated rings. The molecule has 1 N–H and O–H groups in total. The van der Waals surface area contributed by atoms with Crippen LogP contribution in [0.3, 0.4) is 0 Å². The van der Waals surface area contributed by atoms with Crippen molar-refractivity contribution in [1.82, 2.24) is 0 Å². The highest BCUT2D eigenvalue weighted by Crippen LogP contribution is 2.27.